The van der Waals surface area contributed by atoms with E-state index >= 15 is 0 Å². The van der Waals surface area contributed by atoms with Crippen molar-refractivity contribution in [3.05, 3.63) is 83.0 Å². The Bertz CT molecular complexity index is 1500. The van der Waals surface area contributed by atoms with E-state index in [1.54, 1.807) is 50.2 Å². The number of amides is 3. The van der Waals surface area contributed by atoms with E-state index in [2.05, 4.69) is 6.58 Å². The first-order valence-electron chi connectivity index (χ1n) is 12.0. The van der Waals surface area contributed by atoms with Crippen LogP contribution in [0.3, 0.4) is 0 Å². The van der Waals surface area contributed by atoms with Gasteiger partial charge in [0.2, 0.25) is 11.8 Å². The maximum Gasteiger partial charge on any atom is 0.274 e. The van der Waals surface area contributed by atoms with E-state index in [-0.39, 0.29) is 16.9 Å². The Balaban J connectivity index is 1.71. The minimum Gasteiger partial charge on any atom is -0.375 e. The Morgan fingerprint density at radius 3 is 2.14 bits per heavy atom. The molecule has 9 heteroatoms. The summed E-state index contributed by atoms with van der Waals surface area (Å²) in [4.78, 5) is 42.2. The van der Waals surface area contributed by atoms with Crippen LogP contribution in [0.1, 0.15) is 28.7 Å². The molecule has 0 aromatic heterocycles. The van der Waals surface area contributed by atoms with E-state index in [0.29, 0.717) is 21.1 Å². The minimum atomic E-state index is -4.49. The average molecular weight is 521 g/mol. The number of imide groups is 1. The topological polar surface area (TPSA) is 112 Å². The van der Waals surface area contributed by atoms with E-state index in [4.69, 9.17) is 0 Å². The van der Waals surface area contributed by atoms with Gasteiger partial charge in [0.1, 0.15) is 0 Å². The summed E-state index contributed by atoms with van der Waals surface area (Å²) in [6, 6.07) is 8.85. The third-order valence-electron chi connectivity index (χ3n) is 7.61. The first-order chi connectivity index (χ1) is 17.3. The van der Waals surface area contributed by atoms with Gasteiger partial charge >= 0.3 is 0 Å². The Morgan fingerprint density at radius 2 is 1.57 bits per heavy atom. The van der Waals surface area contributed by atoms with Crippen LogP contribution in [-0.2, 0) is 24.4 Å². The van der Waals surface area contributed by atoms with E-state index < -0.39 is 51.2 Å². The van der Waals surface area contributed by atoms with Crippen LogP contribution in [0.2, 0.25) is 0 Å². The summed E-state index contributed by atoms with van der Waals surface area (Å²) in [5, 5.41) is 11.9. The van der Waals surface area contributed by atoms with Crippen molar-refractivity contribution in [3.8, 4) is 0 Å². The van der Waals surface area contributed by atoms with Crippen molar-refractivity contribution >= 4 is 33.4 Å². The van der Waals surface area contributed by atoms with Gasteiger partial charge in [-0.1, -0.05) is 47.5 Å². The van der Waals surface area contributed by atoms with E-state index in [0.717, 1.165) is 16.0 Å². The molecule has 4 unspecified atom stereocenters. The molecule has 37 heavy (non-hydrogen) atoms. The molecule has 1 N–H and O–H groups in total. The number of piperidine rings is 1. The van der Waals surface area contributed by atoms with Crippen LogP contribution in [0.25, 0.3) is 0 Å². The lowest BCUT2D eigenvalue weighted by atomic mass is 9.63. The summed E-state index contributed by atoms with van der Waals surface area (Å²) in [6.45, 7) is 10.7. The molecule has 2 saturated heterocycles. The molecule has 2 fully saturated rings. The molecule has 2 bridgehead atoms. The molecule has 8 nitrogen and oxygen atoms in total. The number of allylic oxidation sites excluding steroid dienone is 1. The highest BCUT2D eigenvalue weighted by Crippen LogP contribution is 2.54. The Hall–Kier alpha value is -3.56. The van der Waals surface area contributed by atoms with Crippen LogP contribution >= 0.6 is 0 Å². The van der Waals surface area contributed by atoms with Crippen LogP contribution < -0.4 is 4.90 Å². The highest BCUT2D eigenvalue weighted by Gasteiger charge is 2.72. The zero-order valence-corrected chi connectivity index (χ0v) is 21.9. The normalized spacial score (nSPS) is 27.0. The van der Waals surface area contributed by atoms with Gasteiger partial charge in [-0.15, -0.1) is 6.58 Å². The number of benzene rings is 2. The van der Waals surface area contributed by atoms with Crippen molar-refractivity contribution in [2.24, 2.45) is 11.8 Å². The summed E-state index contributed by atoms with van der Waals surface area (Å²) in [6.07, 6.45) is 2.98. The lowest BCUT2D eigenvalue weighted by Crippen LogP contribution is -2.71. The molecule has 0 saturated carbocycles. The number of aliphatic hydroxyl groups is 1. The van der Waals surface area contributed by atoms with Gasteiger partial charge in [0.15, 0.2) is 5.60 Å². The SMILES string of the molecule is C=CCC1=CC2C3C(=O)N(c4ccc(C)cc4)C(=O)C3C1(O)C(=O)N2S(=O)(=O)c1c(C)cc(C)cc1C. The number of nitrogens with zero attached hydrogens (tertiary/aromatic N) is 2. The molecule has 2 aromatic rings. The fraction of sp³-hybridized carbons (Fsp3) is 0.321. The van der Waals surface area contributed by atoms with Crippen LogP contribution in [0.5, 0.6) is 0 Å². The summed E-state index contributed by atoms with van der Waals surface area (Å²) >= 11 is 0. The largest absolute Gasteiger partial charge is 0.375 e. The molecule has 192 valence electrons. The number of hydrogen-bond donors (Lipinski definition) is 1. The molecule has 1 aliphatic carbocycles. The predicted molar refractivity (Wildman–Crippen MR) is 137 cm³/mol. The highest BCUT2D eigenvalue weighted by molar-refractivity contribution is 7.89. The number of aryl methyl sites for hydroxylation is 4. The lowest BCUT2D eigenvalue weighted by molar-refractivity contribution is -0.166. The molecular weight excluding hydrogens is 492 g/mol. The maximum absolute atomic E-state index is 14.0. The van der Waals surface area contributed by atoms with Crippen molar-refractivity contribution in [1.29, 1.82) is 0 Å². The van der Waals surface area contributed by atoms with E-state index in [1.165, 1.54) is 12.2 Å². The Morgan fingerprint density at radius 1 is 0.973 bits per heavy atom. The fourth-order valence-corrected chi connectivity index (χ4v) is 8.17. The van der Waals surface area contributed by atoms with Crippen molar-refractivity contribution in [2.75, 3.05) is 4.90 Å². The smallest absolute Gasteiger partial charge is 0.274 e. The first-order valence-corrected chi connectivity index (χ1v) is 13.4. The molecule has 4 atom stereocenters. The number of carbonyl (C=O) groups is 3. The Kier molecular flexibility index (Phi) is 5.58. The van der Waals surface area contributed by atoms with Gasteiger partial charge in [0.25, 0.3) is 15.9 Å². The number of carbonyl (C=O) groups excluding carboxylic acids is 3. The lowest BCUT2D eigenvalue weighted by Gasteiger charge is -2.51. The Labute approximate surface area is 215 Å². The highest BCUT2D eigenvalue weighted by atomic mass is 32.2. The summed E-state index contributed by atoms with van der Waals surface area (Å²) < 4.78 is 28.7. The van der Waals surface area contributed by atoms with Gasteiger partial charge in [-0.2, -0.15) is 0 Å². The molecule has 4 aliphatic rings. The van der Waals surface area contributed by atoms with Crippen LogP contribution in [0, 0.1) is 39.5 Å². The maximum atomic E-state index is 14.0. The van der Waals surface area contributed by atoms with E-state index in [9.17, 15) is 27.9 Å². The third-order valence-corrected chi connectivity index (χ3v) is 9.69. The molecular formula is C28H28N2O6S. The van der Waals surface area contributed by atoms with Crippen LogP contribution in [-0.4, -0.2) is 47.2 Å². The summed E-state index contributed by atoms with van der Waals surface area (Å²) in [5.74, 6) is -5.20. The molecule has 0 spiro atoms. The predicted octanol–water partition coefficient (Wildman–Crippen LogP) is 2.87. The first kappa shape index (κ1) is 25.1. The summed E-state index contributed by atoms with van der Waals surface area (Å²) in [5.41, 5.74) is 0.647. The zero-order valence-electron chi connectivity index (χ0n) is 21.1. The number of rotatable bonds is 5. The number of sulfonamides is 1. The van der Waals surface area contributed by atoms with Gasteiger partial charge in [-0.25, -0.2) is 17.6 Å². The quantitative estimate of drug-likeness (QED) is 0.479. The second-order valence-corrected chi connectivity index (χ2v) is 11.9. The van der Waals surface area contributed by atoms with Crippen molar-refractivity contribution in [3.63, 3.8) is 0 Å². The molecule has 3 amide bonds. The average Bonchev–Trinajstić information content (AvgIpc) is 3.07. The number of anilines is 1. The second kappa shape index (κ2) is 8.22. The summed E-state index contributed by atoms with van der Waals surface area (Å²) in [7, 11) is -4.49. The van der Waals surface area contributed by atoms with E-state index in [1.807, 2.05) is 13.8 Å². The minimum absolute atomic E-state index is 0.0509. The van der Waals surface area contributed by atoms with Crippen LogP contribution in [0.4, 0.5) is 5.69 Å². The molecule has 3 aliphatic heterocycles. The monoisotopic (exact) mass is 520 g/mol. The molecule has 0 radical (unpaired) electrons. The number of fused-ring (bicyclic) bond motifs is 1. The van der Waals surface area contributed by atoms with Crippen molar-refractivity contribution in [1.82, 2.24) is 4.31 Å². The molecule has 2 aromatic carbocycles. The standard InChI is InChI=1S/C28H28N2O6S/c1-6-7-19-14-21-22-23(26(32)29(25(22)31)20-10-8-15(2)9-11-20)28(19,34)27(33)30(21)37(35,36)24-17(4)12-16(3)13-18(24)5/h6,8-14,21-23,34H,1,7H2,2-5H3. The molecule has 6 rings (SSSR count). The number of hydrogen-bond acceptors (Lipinski definition) is 6. The van der Waals surface area contributed by atoms with Gasteiger partial charge in [0, 0.05) is 0 Å². The van der Waals surface area contributed by atoms with Gasteiger partial charge in [-0.05, 0) is 62.9 Å². The van der Waals surface area contributed by atoms with Gasteiger partial charge in [0.05, 0.1) is 28.5 Å². The molecule has 3 heterocycles. The third kappa shape index (κ3) is 3.30. The second-order valence-electron chi connectivity index (χ2n) is 10.1. The van der Waals surface area contributed by atoms with Crippen molar-refractivity contribution in [2.45, 2.75) is 50.7 Å². The van der Waals surface area contributed by atoms with Gasteiger partial charge < -0.3 is 5.11 Å². The van der Waals surface area contributed by atoms with Gasteiger partial charge in [-0.3, -0.25) is 14.4 Å². The van der Waals surface area contributed by atoms with Crippen LogP contribution in [0.15, 0.2) is 65.6 Å². The fourth-order valence-electron chi connectivity index (χ4n) is 6.17. The zero-order chi connectivity index (χ0) is 27.0. The van der Waals surface area contributed by atoms with Crippen molar-refractivity contribution < 1.29 is 27.9 Å².